The van der Waals surface area contributed by atoms with Gasteiger partial charge in [-0.25, -0.2) is 14.6 Å². The van der Waals surface area contributed by atoms with Crippen LogP contribution in [-0.4, -0.2) is 120 Å². The third-order valence-corrected chi connectivity index (χ3v) is 16.5. The van der Waals surface area contributed by atoms with Crippen molar-refractivity contribution in [2.45, 2.75) is 122 Å². The summed E-state index contributed by atoms with van der Waals surface area (Å²) >= 11 is 2.80. The number of Topliss-reactive ketones (excluding diaryl/α,β-unsaturated/α-hetero) is 2. The van der Waals surface area contributed by atoms with Crippen molar-refractivity contribution in [2.24, 2.45) is 17.0 Å². The summed E-state index contributed by atoms with van der Waals surface area (Å²) in [4.78, 5) is 81.8. The molecule has 4 aromatic rings. The second-order valence-corrected chi connectivity index (χ2v) is 23.3. The van der Waals surface area contributed by atoms with Gasteiger partial charge in [-0.2, -0.15) is 4.73 Å². The normalized spacial score (nSPS) is 22.4. The Morgan fingerprint density at radius 1 is 0.920 bits per heavy atom. The Kier molecular flexibility index (Phi) is 16.4. The average molecular weight is 1070 g/mol. The molecule has 75 heavy (non-hydrogen) atoms. The predicted octanol–water partition coefficient (Wildman–Crippen LogP) is 7.13. The molecule has 3 saturated heterocycles. The van der Waals surface area contributed by atoms with Crippen LogP contribution in [0, 0.1) is 24.0 Å². The molecule has 0 saturated carbocycles. The summed E-state index contributed by atoms with van der Waals surface area (Å²) in [6.07, 6.45) is 4.24. The maximum absolute atomic E-state index is 14.5. The van der Waals surface area contributed by atoms with Gasteiger partial charge in [-0.3, -0.25) is 19.3 Å². The molecule has 21 heteroatoms. The van der Waals surface area contributed by atoms with Gasteiger partial charge in [-0.05, 0) is 82.9 Å². The van der Waals surface area contributed by atoms with Crippen LogP contribution in [0.4, 0.5) is 0 Å². The molecule has 0 spiro atoms. The number of pyridine rings is 1. The van der Waals surface area contributed by atoms with Gasteiger partial charge in [0.15, 0.2) is 17.2 Å². The van der Waals surface area contributed by atoms with Crippen LogP contribution >= 0.6 is 23.1 Å². The molecule has 18 nitrogen and oxygen atoms in total. The van der Waals surface area contributed by atoms with Crippen LogP contribution in [0.15, 0.2) is 82.6 Å². The minimum absolute atomic E-state index is 0.0203. The van der Waals surface area contributed by atoms with Gasteiger partial charge in [0, 0.05) is 55.2 Å². The largest absolute Gasteiger partial charge is 0.618 e. The Bertz CT molecular complexity index is 2870. The van der Waals surface area contributed by atoms with E-state index in [1.54, 1.807) is 83.7 Å². The molecule has 4 aliphatic heterocycles. The number of benzene rings is 2. The molecule has 4 aliphatic rings. The highest BCUT2D eigenvalue weighted by atomic mass is 32.2. The Balaban J connectivity index is 0.986. The monoisotopic (exact) mass is 1060 g/mol. The van der Waals surface area contributed by atoms with Crippen molar-refractivity contribution in [1.29, 1.82) is 0 Å². The van der Waals surface area contributed by atoms with Crippen molar-refractivity contribution < 1.29 is 66.4 Å². The third-order valence-electron chi connectivity index (χ3n) is 14.3. The number of aryl methyl sites for hydroxylation is 1. The number of quaternary nitrogens is 1. The van der Waals surface area contributed by atoms with E-state index >= 15 is 0 Å². The molecule has 2 unspecified atom stereocenters. The van der Waals surface area contributed by atoms with Gasteiger partial charge in [0.25, 0.3) is 5.69 Å². The Morgan fingerprint density at radius 3 is 2.12 bits per heavy atom. The van der Waals surface area contributed by atoms with Gasteiger partial charge in [0.1, 0.15) is 48.2 Å². The second-order valence-electron chi connectivity index (χ2n) is 21.1. The van der Waals surface area contributed by atoms with Crippen LogP contribution in [0.3, 0.4) is 0 Å². The number of thioether (sulfide) groups is 1. The molecule has 1 amide bonds. The van der Waals surface area contributed by atoms with Crippen molar-refractivity contribution in [2.75, 3.05) is 33.6 Å². The molecule has 396 valence electrons. The summed E-state index contributed by atoms with van der Waals surface area (Å²) in [5.41, 5.74) is 0.137. The average Bonchev–Trinajstić information content (AvgIpc) is 3.86. The van der Waals surface area contributed by atoms with E-state index in [9.17, 15) is 29.2 Å². The number of esters is 2. The summed E-state index contributed by atoms with van der Waals surface area (Å²) in [6.45, 7) is 10.5. The number of β-lactam (4-membered cyclic amide) rings is 1. The zero-order valence-electron chi connectivity index (χ0n) is 43.7. The van der Waals surface area contributed by atoms with E-state index in [2.05, 4.69) is 17.2 Å². The standard InChI is InChI=1S/C54H63BN5O13S2/c1-31-56-41(30-74-31)47(57-73-54(5,6)52(65)71-53(2,3)4)44(62)23-40-49(63)59-48(51(64)70-28-33-12-18-39(68-9)19-13-33)35(29-75-50(40)59)26-60(7)36-14-15-37(60)21-34(20-36)22-43(61)42-24-45(72-55)46(25-58(42)66)69-27-32-10-16-38(67-8)17-11-32/h10-13,16-19,24-25,30,34,36-37,40,50H,14-15,20-23,26-29H2,1-9H3/q+1/b57-47-/t34?,36-,37+,40-,50-,60?/m1/s1. The fourth-order valence-corrected chi connectivity index (χ4v) is 12.3. The summed E-state index contributed by atoms with van der Waals surface area (Å²) in [5.74, 6) is -1.54. The van der Waals surface area contributed by atoms with Gasteiger partial charge in [0.05, 0.1) is 55.7 Å². The van der Waals surface area contributed by atoms with Crippen LogP contribution in [0.25, 0.3) is 0 Å². The molecule has 2 bridgehead atoms. The summed E-state index contributed by atoms with van der Waals surface area (Å²) < 4.78 is 34.1. The number of carbonyl (C=O) groups excluding carboxylic acids is 5. The first-order valence-corrected chi connectivity index (χ1v) is 26.7. The number of rotatable bonds is 21. The first-order valence-electron chi connectivity index (χ1n) is 24.8. The highest BCUT2D eigenvalue weighted by molar-refractivity contribution is 8.00. The SMILES string of the molecule is [B]Oc1cc(C(=O)CC2C[C@H]3CC[C@@H](C2)[N+]3(C)CC2=C(C(=O)OCc3ccc(OC)cc3)N3C(=O)[C@@H](CC(=O)/C(=N\OC(C)(C)C(=O)OC(C)(C)C)c4csc(C)n4)[C@H]3SC2)[n+]([O-])cc1OCc1ccc(OC)cc1. The summed E-state index contributed by atoms with van der Waals surface area (Å²) in [6, 6.07) is 16.0. The Morgan fingerprint density at radius 2 is 1.55 bits per heavy atom. The van der Waals surface area contributed by atoms with Crippen LogP contribution in [0.1, 0.15) is 105 Å². The number of oxime groups is 1. The van der Waals surface area contributed by atoms with Crippen molar-refractivity contribution in [3.05, 3.63) is 110 Å². The van der Waals surface area contributed by atoms with Crippen LogP contribution in [-0.2, 0) is 46.7 Å². The van der Waals surface area contributed by atoms with Crippen LogP contribution in [0.5, 0.6) is 23.0 Å². The topological polar surface area (TPSA) is 205 Å². The first kappa shape index (κ1) is 54.8. The van der Waals surface area contributed by atoms with E-state index < -0.39 is 46.1 Å². The number of ketones is 2. The lowest BCUT2D eigenvalue weighted by Gasteiger charge is -2.52. The minimum atomic E-state index is -1.56. The minimum Gasteiger partial charge on any atom is -0.618 e. The number of nitrogens with zero attached hydrogens (tertiary/aromatic N) is 5. The molecular weight excluding hydrogens is 1000 g/mol. The molecule has 6 heterocycles. The first-order chi connectivity index (χ1) is 35.6. The number of ether oxygens (including phenoxy) is 5. The van der Waals surface area contributed by atoms with Gasteiger partial charge in [0.2, 0.25) is 29.2 Å². The quantitative estimate of drug-likeness (QED) is 0.00937. The number of fused-ring (bicyclic) bond motifs is 3. The van der Waals surface area contributed by atoms with Crippen molar-refractivity contribution >= 4 is 66.3 Å². The number of hydrogen-bond donors (Lipinski definition) is 0. The van der Waals surface area contributed by atoms with E-state index in [-0.39, 0.29) is 84.1 Å². The molecule has 0 N–H and O–H groups in total. The number of methoxy groups -OCH3 is 2. The van der Waals surface area contributed by atoms with Crippen molar-refractivity contribution in [3.63, 3.8) is 0 Å². The van der Waals surface area contributed by atoms with E-state index in [1.807, 2.05) is 12.1 Å². The highest BCUT2D eigenvalue weighted by Crippen LogP contribution is 2.50. The number of thiazole rings is 1. The van der Waals surface area contributed by atoms with Crippen LogP contribution < -0.4 is 23.6 Å². The smallest absolute Gasteiger partial charge is 0.374 e. The van der Waals surface area contributed by atoms with Gasteiger partial charge in [-0.1, -0.05) is 29.4 Å². The molecule has 8 rings (SSSR count). The molecule has 2 radical (unpaired) electrons. The Hall–Kier alpha value is -6.45. The van der Waals surface area contributed by atoms with E-state index in [0.29, 0.717) is 50.9 Å². The van der Waals surface area contributed by atoms with Gasteiger partial charge >= 0.3 is 20.0 Å². The van der Waals surface area contributed by atoms with Crippen molar-refractivity contribution in [1.82, 2.24) is 9.88 Å². The van der Waals surface area contributed by atoms with E-state index in [4.69, 9.17) is 41.2 Å². The van der Waals surface area contributed by atoms with Crippen molar-refractivity contribution in [3.8, 4) is 23.0 Å². The van der Waals surface area contributed by atoms with Gasteiger partial charge in [-0.15, -0.1) is 23.1 Å². The number of aromatic nitrogens is 2. The lowest BCUT2D eigenvalue weighted by atomic mass is 9.84. The summed E-state index contributed by atoms with van der Waals surface area (Å²) in [5, 5.41) is 19.3. The van der Waals surface area contributed by atoms with E-state index in [1.165, 1.54) is 47.9 Å². The number of carbonyl (C=O) groups is 5. The molecule has 6 atom stereocenters. The predicted molar refractivity (Wildman–Crippen MR) is 279 cm³/mol. The lowest BCUT2D eigenvalue weighted by Crippen LogP contribution is -2.64. The summed E-state index contributed by atoms with van der Waals surface area (Å²) in [7, 11) is 10.9. The molecule has 2 aromatic carbocycles. The maximum Gasteiger partial charge on any atom is 0.374 e. The van der Waals surface area contributed by atoms with E-state index in [0.717, 1.165) is 35.7 Å². The number of hydrogen-bond acceptors (Lipinski definition) is 17. The molecular formula is C54H63BN5O13S2+. The fourth-order valence-electron chi connectivity index (χ4n) is 10.3. The van der Waals surface area contributed by atoms with Crippen LogP contribution in [0.2, 0.25) is 0 Å². The zero-order chi connectivity index (χ0) is 54.0. The second kappa shape index (κ2) is 22.4. The number of piperidine rings is 1. The number of likely N-dealkylation sites (N-methyl/N-ethyl adjacent to an activating group) is 1. The number of amides is 1. The fraction of sp³-hybridized carbons (Fsp3) is 0.481. The molecule has 3 fully saturated rings. The highest BCUT2D eigenvalue weighted by Gasteiger charge is 2.57. The Labute approximate surface area is 446 Å². The molecule has 2 aromatic heterocycles. The maximum atomic E-state index is 14.5. The van der Waals surface area contributed by atoms with Gasteiger partial charge < -0.3 is 42.9 Å². The zero-order valence-corrected chi connectivity index (χ0v) is 45.4. The molecule has 0 aliphatic carbocycles. The lowest BCUT2D eigenvalue weighted by molar-refractivity contribution is -0.945. The third kappa shape index (κ3) is 12.2.